The molecule has 188 valence electrons. The van der Waals surface area contributed by atoms with E-state index in [1.54, 1.807) is 32.4 Å². The normalized spacial score (nSPS) is 17.7. The zero-order chi connectivity index (χ0) is 24.6. The topological polar surface area (TPSA) is 71.1 Å². The Bertz CT molecular complexity index is 959. The number of hydrogen-bond donors (Lipinski definition) is 1. The van der Waals surface area contributed by atoms with Gasteiger partial charge < -0.3 is 24.6 Å². The van der Waals surface area contributed by atoms with E-state index in [1.807, 2.05) is 23.1 Å². The highest BCUT2D eigenvalue weighted by Gasteiger charge is 2.32. The summed E-state index contributed by atoms with van der Waals surface area (Å²) in [6, 6.07) is 16.0. The van der Waals surface area contributed by atoms with E-state index in [0.717, 1.165) is 58.3 Å². The van der Waals surface area contributed by atoms with E-state index in [1.165, 1.54) is 5.56 Å². The smallest absolute Gasteiger partial charge is 0.254 e. The molecular weight excluding hydrogens is 442 g/mol. The quantitative estimate of drug-likeness (QED) is 0.629. The second-order valence-electron chi connectivity index (χ2n) is 9.46. The minimum atomic E-state index is 0.0199. The van der Waals surface area contributed by atoms with Crippen molar-refractivity contribution in [2.45, 2.75) is 38.1 Å². The molecule has 2 aromatic rings. The summed E-state index contributed by atoms with van der Waals surface area (Å²) < 4.78 is 10.6. The van der Waals surface area contributed by atoms with Gasteiger partial charge in [-0.15, -0.1) is 0 Å². The SMILES string of the molecule is COc1cc(OC)cc(C(=O)N2CCC(N3CCC(C(=O)NCCc4ccccc4)CC3)CC2)c1. The summed E-state index contributed by atoms with van der Waals surface area (Å²) in [7, 11) is 3.18. The number of nitrogens with one attached hydrogen (secondary N) is 1. The summed E-state index contributed by atoms with van der Waals surface area (Å²) in [5, 5.41) is 3.13. The molecule has 2 aliphatic heterocycles. The van der Waals surface area contributed by atoms with Gasteiger partial charge in [0.25, 0.3) is 5.91 Å². The molecule has 2 heterocycles. The second kappa shape index (κ2) is 12.1. The lowest BCUT2D eigenvalue weighted by Crippen LogP contribution is -2.50. The van der Waals surface area contributed by atoms with Gasteiger partial charge in [0.05, 0.1) is 14.2 Å². The molecule has 0 bridgehead atoms. The molecule has 0 spiro atoms. The molecule has 2 aromatic carbocycles. The standard InChI is InChI=1S/C28H37N3O4/c1-34-25-18-23(19-26(20-25)35-2)28(33)31-16-11-24(12-17-31)30-14-9-22(10-15-30)27(32)29-13-8-21-6-4-3-5-7-21/h3-7,18-20,22,24H,8-17H2,1-2H3,(H,29,32). The average molecular weight is 480 g/mol. The maximum Gasteiger partial charge on any atom is 0.254 e. The van der Waals surface area contributed by atoms with Crippen LogP contribution in [-0.2, 0) is 11.2 Å². The van der Waals surface area contributed by atoms with Crippen molar-refractivity contribution in [1.29, 1.82) is 0 Å². The Labute approximate surface area is 208 Å². The van der Waals surface area contributed by atoms with Crippen molar-refractivity contribution in [2.24, 2.45) is 5.92 Å². The van der Waals surface area contributed by atoms with E-state index in [4.69, 9.17) is 9.47 Å². The van der Waals surface area contributed by atoms with Crippen LogP contribution in [0.15, 0.2) is 48.5 Å². The third kappa shape index (κ3) is 6.54. The highest BCUT2D eigenvalue weighted by Crippen LogP contribution is 2.27. The van der Waals surface area contributed by atoms with Gasteiger partial charge in [0.2, 0.25) is 5.91 Å². The van der Waals surface area contributed by atoms with Crippen LogP contribution in [0.3, 0.4) is 0 Å². The van der Waals surface area contributed by atoms with Gasteiger partial charge in [-0.05, 0) is 62.9 Å². The Hall–Kier alpha value is -3.06. The van der Waals surface area contributed by atoms with E-state index in [-0.39, 0.29) is 17.7 Å². The highest BCUT2D eigenvalue weighted by atomic mass is 16.5. The van der Waals surface area contributed by atoms with Gasteiger partial charge in [0, 0.05) is 43.2 Å². The molecule has 2 saturated heterocycles. The first kappa shape index (κ1) is 25.0. The van der Waals surface area contributed by atoms with Crippen LogP contribution in [0.5, 0.6) is 11.5 Å². The number of ether oxygens (including phenoxy) is 2. The molecule has 0 saturated carbocycles. The molecule has 2 aliphatic rings. The largest absolute Gasteiger partial charge is 0.497 e. The van der Waals surface area contributed by atoms with Crippen molar-refractivity contribution < 1.29 is 19.1 Å². The third-order valence-electron chi connectivity index (χ3n) is 7.32. The molecule has 35 heavy (non-hydrogen) atoms. The Morgan fingerprint density at radius 2 is 1.51 bits per heavy atom. The number of methoxy groups -OCH3 is 2. The van der Waals surface area contributed by atoms with Gasteiger partial charge in [0.1, 0.15) is 11.5 Å². The number of carbonyl (C=O) groups is 2. The van der Waals surface area contributed by atoms with Gasteiger partial charge >= 0.3 is 0 Å². The van der Waals surface area contributed by atoms with E-state index in [0.29, 0.717) is 29.6 Å². The van der Waals surface area contributed by atoms with Crippen LogP contribution in [0.4, 0.5) is 0 Å². The van der Waals surface area contributed by atoms with Gasteiger partial charge in [-0.2, -0.15) is 0 Å². The molecule has 0 unspecified atom stereocenters. The minimum Gasteiger partial charge on any atom is -0.497 e. The maximum absolute atomic E-state index is 13.1. The Kier molecular flexibility index (Phi) is 8.64. The first-order valence-corrected chi connectivity index (χ1v) is 12.7. The van der Waals surface area contributed by atoms with Crippen molar-refractivity contribution >= 4 is 11.8 Å². The lowest BCUT2D eigenvalue weighted by atomic mass is 9.92. The molecule has 0 radical (unpaired) electrons. The third-order valence-corrected chi connectivity index (χ3v) is 7.32. The molecule has 2 fully saturated rings. The predicted octanol–water partition coefficient (Wildman–Crippen LogP) is 3.38. The molecule has 1 N–H and O–H groups in total. The summed E-state index contributed by atoms with van der Waals surface area (Å²) >= 11 is 0. The van der Waals surface area contributed by atoms with Crippen molar-refractivity contribution in [3.8, 4) is 11.5 Å². The van der Waals surface area contributed by atoms with Gasteiger partial charge in [-0.1, -0.05) is 30.3 Å². The summed E-state index contributed by atoms with van der Waals surface area (Å²) in [5.74, 6) is 1.55. The number of piperidine rings is 2. The fourth-order valence-corrected chi connectivity index (χ4v) is 5.19. The summed E-state index contributed by atoms with van der Waals surface area (Å²) in [4.78, 5) is 30.1. The maximum atomic E-state index is 13.1. The van der Waals surface area contributed by atoms with Crippen LogP contribution in [0.1, 0.15) is 41.6 Å². The van der Waals surface area contributed by atoms with Crippen LogP contribution < -0.4 is 14.8 Å². The summed E-state index contributed by atoms with van der Waals surface area (Å²) in [6.07, 6.45) is 4.59. The first-order chi connectivity index (χ1) is 17.1. The summed E-state index contributed by atoms with van der Waals surface area (Å²) in [6.45, 7) is 4.06. The lowest BCUT2D eigenvalue weighted by Gasteiger charge is -2.41. The Balaban J connectivity index is 1.20. The van der Waals surface area contributed by atoms with Crippen LogP contribution in [-0.4, -0.2) is 74.6 Å². The molecular formula is C28H37N3O4. The predicted molar refractivity (Wildman–Crippen MR) is 136 cm³/mol. The van der Waals surface area contributed by atoms with Crippen molar-refractivity contribution in [3.63, 3.8) is 0 Å². The van der Waals surface area contributed by atoms with Crippen LogP contribution in [0, 0.1) is 5.92 Å². The van der Waals surface area contributed by atoms with Crippen LogP contribution in [0.25, 0.3) is 0 Å². The van der Waals surface area contributed by atoms with Gasteiger partial charge in [-0.25, -0.2) is 0 Å². The lowest BCUT2D eigenvalue weighted by molar-refractivity contribution is -0.126. The monoisotopic (exact) mass is 479 g/mol. The van der Waals surface area contributed by atoms with Crippen molar-refractivity contribution in [3.05, 3.63) is 59.7 Å². The van der Waals surface area contributed by atoms with E-state index < -0.39 is 0 Å². The van der Waals surface area contributed by atoms with Crippen molar-refractivity contribution in [2.75, 3.05) is 46.9 Å². The number of amides is 2. The molecule has 7 nitrogen and oxygen atoms in total. The molecule has 0 atom stereocenters. The Morgan fingerprint density at radius 1 is 0.886 bits per heavy atom. The Morgan fingerprint density at radius 3 is 2.11 bits per heavy atom. The molecule has 2 amide bonds. The molecule has 0 aliphatic carbocycles. The highest BCUT2D eigenvalue weighted by molar-refractivity contribution is 5.95. The minimum absolute atomic E-state index is 0.0199. The molecule has 4 rings (SSSR count). The second-order valence-corrected chi connectivity index (χ2v) is 9.46. The zero-order valence-electron chi connectivity index (χ0n) is 20.9. The van der Waals surface area contributed by atoms with Crippen molar-refractivity contribution in [1.82, 2.24) is 15.1 Å². The zero-order valence-corrected chi connectivity index (χ0v) is 20.9. The number of carbonyl (C=O) groups excluding carboxylic acids is 2. The first-order valence-electron chi connectivity index (χ1n) is 12.7. The average Bonchev–Trinajstić information content (AvgIpc) is 2.93. The molecule has 0 aromatic heterocycles. The molecule has 7 heteroatoms. The van der Waals surface area contributed by atoms with Crippen LogP contribution in [0.2, 0.25) is 0 Å². The fourth-order valence-electron chi connectivity index (χ4n) is 5.19. The number of rotatable bonds is 8. The van der Waals surface area contributed by atoms with E-state index in [9.17, 15) is 9.59 Å². The number of hydrogen-bond acceptors (Lipinski definition) is 5. The number of likely N-dealkylation sites (tertiary alicyclic amines) is 2. The van der Waals surface area contributed by atoms with E-state index >= 15 is 0 Å². The number of benzene rings is 2. The van der Waals surface area contributed by atoms with Crippen LogP contribution >= 0.6 is 0 Å². The van der Waals surface area contributed by atoms with E-state index in [2.05, 4.69) is 22.3 Å². The van der Waals surface area contributed by atoms with Gasteiger partial charge in [-0.3, -0.25) is 9.59 Å². The summed E-state index contributed by atoms with van der Waals surface area (Å²) in [5.41, 5.74) is 1.84. The van der Waals surface area contributed by atoms with Gasteiger partial charge in [0.15, 0.2) is 0 Å². The number of nitrogens with zero attached hydrogens (tertiary/aromatic N) is 2. The fraction of sp³-hybridized carbons (Fsp3) is 0.500.